The van der Waals surface area contributed by atoms with Crippen LogP contribution < -0.4 is 4.72 Å². The summed E-state index contributed by atoms with van der Waals surface area (Å²) in [5.74, 6) is 0.810. The number of aromatic amines is 1. The van der Waals surface area contributed by atoms with E-state index in [1.54, 1.807) is 6.92 Å². The maximum absolute atomic E-state index is 13.0. The minimum atomic E-state index is -3.66. The number of hydrogen-bond donors (Lipinski definition) is 2. The Bertz CT molecular complexity index is 816. The van der Waals surface area contributed by atoms with E-state index in [-0.39, 0.29) is 16.8 Å². The molecule has 0 aromatic carbocycles. The first kappa shape index (κ1) is 17.2. The van der Waals surface area contributed by atoms with Crippen LogP contribution in [-0.4, -0.2) is 29.6 Å². The van der Waals surface area contributed by atoms with Gasteiger partial charge >= 0.3 is 0 Å². The van der Waals surface area contributed by atoms with Gasteiger partial charge in [-0.1, -0.05) is 31.3 Å². The van der Waals surface area contributed by atoms with Crippen molar-refractivity contribution in [3.8, 4) is 11.5 Å². The number of aryl methyl sites for hydroxylation is 3. The molecule has 1 saturated carbocycles. The van der Waals surface area contributed by atoms with Crippen molar-refractivity contribution in [2.24, 2.45) is 0 Å². The van der Waals surface area contributed by atoms with Crippen LogP contribution in [0.15, 0.2) is 9.42 Å². The highest BCUT2D eigenvalue weighted by atomic mass is 32.2. The summed E-state index contributed by atoms with van der Waals surface area (Å²) in [4.78, 5) is 7.62. The summed E-state index contributed by atoms with van der Waals surface area (Å²) in [5, 5.41) is 3.89. The largest absolute Gasteiger partial charge is 0.361 e. The van der Waals surface area contributed by atoms with Crippen molar-refractivity contribution in [1.29, 1.82) is 0 Å². The monoisotopic (exact) mass is 352 g/mol. The lowest BCUT2D eigenvalue weighted by Crippen LogP contribution is -2.36. The van der Waals surface area contributed by atoms with E-state index in [1.165, 1.54) is 6.42 Å². The zero-order valence-electron chi connectivity index (χ0n) is 14.3. The zero-order valence-corrected chi connectivity index (χ0v) is 15.2. The van der Waals surface area contributed by atoms with Gasteiger partial charge in [0.2, 0.25) is 10.0 Å². The molecule has 2 N–H and O–H groups in total. The number of nitrogens with one attached hydrogen (secondary N) is 2. The summed E-state index contributed by atoms with van der Waals surface area (Å²) in [6, 6.07) is 0.0000871. The predicted molar refractivity (Wildman–Crippen MR) is 90.1 cm³/mol. The molecule has 24 heavy (non-hydrogen) atoms. The number of rotatable bonds is 5. The van der Waals surface area contributed by atoms with E-state index in [1.807, 2.05) is 13.8 Å². The van der Waals surface area contributed by atoms with Gasteiger partial charge in [-0.05, 0) is 26.7 Å². The Morgan fingerprint density at radius 3 is 2.54 bits per heavy atom. The number of hydrogen-bond acceptors (Lipinski definition) is 5. The maximum Gasteiger partial charge on any atom is 0.261 e. The fourth-order valence-electron chi connectivity index (χ4n) is 3.35. The van der Waals surface area contributed by atoms with Crippen molar-refractivity contribution in [2.75, 3.05) is 0 Å². The van der Waals surface area contributed by atoms with Gasteiger partial charge in [-0.3, -0.25) is 0 Å². The molecule has 7 nitrogen and oxygen atoms in total. The highest BCUT2D eigenvalue weighted by molar-refractivity contribution is 7.89. The van der Waals surface area contributed by atoms with Crippen LogP contribution in [0.5, 0.6) is 0 Å². The number of nitrogens with zero attached hydrogens (tertiary/aromatic N) is 2. The molecule has 0 unspecified atom stereocenters. The Kier molecular flexibility index (Phi) is 4.78. The van der Waals surface area contributed by atoms with Gasteiger partial charge in [0.1, 0.15) is 4.90 Å². The second-order valence-electron chi connectivity index (χ2n) is 6.40. The molecule has 0 bridgehead atoms. The Labute approximate surface area is 142 Å². The van der Waals surface area contributed by atoms with Crippen molar-refractivity contribution in [1.82, 2.24) is 19.8 Å². The summed E-state index contributed by atoms with van der Waals surface area (Å²) in [6.45, 7) is 5.49. The number of aromatic nitrogens is 3. The van der Waals surface area contributed by atoms with E-state index >= 15 is 0 Å². The second-order valence-corrected chi connectivity index (χ2v) is 8.06. The van der Waals surface area contributed by atoms with Gasteiger partial charge < -0.3 is 9.51 Å². The lowest BCUT2D eigenvalue weighted by atomic mass is 9.96. The SMILES string of the molecule is CCc1noc(-c2c(C)[nH]c(C)c2S(=O)(=O)NC2CCCCC2)n1. The van der Waals surface area contributed by atoms with E-state index < -0.39 is 10.0 Å². The number of H-pyrrole nitrogens is 1. The van der Waals surface area contributed by atoms with Crippen LogP contribution >= 0.6 is 0 Å². The third-order valence-corrected chi connectivity index (χ3v) is 6.20. The fourth-order valence-corrected chi connectivity index (χ4v) is 5.11. The lowest BCUT2D eigenvalue weighted by Gasteiger charge is -2.22. The molecule has 3 rings (SSSR count). The van der Waals surface area contributed by atoms with Crippen molar-refractivity contribution >= 4 is 10.0 Å². The van der Waals surface area contributed by atoms with Gasteiger partial charge in [-0.15, -0.1) is 0 Å². The molecule has 2 heterocycles. The van der Waals surface area contributed by atoms with E-state index in [4.69, 9.17) is 4.52 Å². The number of sulfonamides is 1. The Balaban J connectivity index is 2.00. The predicted octanol–water partition coefficient (Wildman–Crippen LogP) is 2.85. The molecule has 1 aliphatic rings. The average Bonchev–Trinajstić information content (AvgIpc) is 3.11. The molecule has 132 valence electrons. The van der Waals surface area contributed by atoms with Gasteiger partial charge in [-0.2, -0.15) is 4.98 Å². The topological polar surface area (TPSA) is 101 Å². The molecular formula is C16H24N4O3S. The summed E-state index contributed by atoms with van der Waals surface area (Å²) in [7, 11) is -3.66. The summed E-state index contributed by atoms with van der Waals surface area (Å²) < 4.78 is 34.1. The molecule has 0 amide bonds. The van der Waals surface area contributed by atoms with Crippen LogP contribution in [0.2, 0.25) is 0 Å². The maximum atomic E-state index is 13.0. The molecule has 1 aliphatic carbocycles. The fraction of sp³-hybridized carbons (Fsp3) is 0.625. The standard InChI is InChI=1S/C16H24N4O3S/c1-4-13-18-16(23-19-13)14-10(2)17-11(3)15(14)24(21,22)20-12-8-6-5-7-9-12/h12,17,20H,4-9H2,1-3H3. The van der Waals surface area contributed by atoms with Crippen molar-refractivity contribution in [2.45, 2.75) is 70.2 Å². The molecule has 1 fully saturated rings. The first-order valence-electron chi connectivity index (χ1n) is 8.46. The highest BCUT2D eigenvalue weighted by Gasteiger charge is 2.31. The molecule has 2 aromatic rings. The smallest absolute Gasteiger partial charge is 0.261 e. The summed E-state index contributed by atoms with van der Waals surface area (Å²) in [5.41, 5.74) is 1.77. The van der Waals surface area contributed by atoms with Gasteiger partial charge in [0.05, 0.1) is 5.56 Å². The Morgan fingerprint density at radius 1 is 1.21 bits per heavy atom. The zero-order chi connectivity index (χ0) is 17.3. The third kappa shape index (κ3) is 3.25. The molecule has 0 atom stereocenters. The van der Waals surface area contributed by atoms with Crippen LogP contribution in [0.25, 0.3) is 11.5 Å². The quantitative estimate of drug-likeness (QED) is 0.861. The normalized spacial score (nSPS) is 16.6. The first-order chi connectivity index (χ1) is 11.4. The minimum Gasteiger partial charge on any atom is -0.361 e. The van der Waals surface area contributed by atoms with E-state index in [9.17, 15) is 8.42 Å². The molecule has 0 radical (unpaired) electrons. The summed E-state index contributed by atoms with van der Waals surface area (Å²) >= 11 is 0. The Hall–Kier alpha value is -1.67. The molecule has 0 aliphatic heterocycles. The van der Waals surface area contributed by atoms with Crippen molar-refractivity contribution < 1.29 is 12.9 Å². The minimum absolute atomic E-state index is 0.0000871. The molecule has 0 saturated heterocycles. The molecule has 8 heteroatoms. The van der Waals surface area contributed by atoms with E-state index in [0.717, 1.165) is 25.7 Å². The molecule has 0 spiro atoms. The van der Waals surface area contributed by atoms with Crippen LogP contribution in [0.4, 0.5) is 0 Å². The molecule has 2 aromatic heterocycles. The average molecular weight is 352 g/mol. The van der Waals surface area contributed by atoms with Gasteiger partial charge in [0.15, 0.2) is 5.82 Å². The van der Waals surface area contributed by atoms with Crippen LogP contribution in [0.1, 0.15) is 56.2 Å². The summed E-state index contributed by atoms with van der Waals surface area (Å²) in [6.07, 6.45) is 5.71. The van der Waals surface area contributed by atoms with Crippen molar-refractivity contribution in [3.63, 3.8) is 0 Å². The second kappa shape index (κ2) is 6.68. The van der Waals surface area contributed by atoms with E-state index in [0.29, 0.717) is 29.2 Å². The van der Waals surface area contributed by atoms with Crippen LogP contribution in [0.3, 0.4) is 0 Å². The third-order valence-electron chi connectivity index (χ3n) is 4.51. The lowest BCUT2D eigenvalue weighted by molar-refractivity contribution is 0.411. The highest BCUT2D eigenvalue weighted by Crippen LogP contribution is 2.33. The van der Waals surface area contributed by atoms with E-state index in [2.05, 4.69) is 19.8 Å². The van der Waals surface area contributed by atoms with Gasteiger partial charge in [0, 0.05) is 23.9 Å². The van der Waals surface area contributed by atoms with Gasteiger partial charge in [-0.25, -0.2) is 13.1 Å². The van der Waals surface area contributed by atoms with Gasteiger partial charge in [0.25, 0.3) is 5.89 Å². The molecular weight excluding hydrogens is 328 g/mol. The van der Waals surface area contributed by atoms with Crippen LogP contribution in [0, 0.1) is 13.8 Å². The van der Waals surface area contributed by atoms with Crippen LogP contribution in [-0.2, 0) is 16.4 Å². The Morgan fingerprint density at radius 2 is 1.92 bits per heavy atom. The van der Waals surface area contributed by atoms with Crippen molar-refractivity contribution in [3.05, 3.63) is 17.2 Å². The first-order valence-corrected chi connectivity index (χ1v) is 9.95.